The minimum absolute atomic E-state index is 0.137. The van der Waals surface area contributed by atoms with Crippen LogP contribution in [0.3, 0.4) is 0 Å². The van der Waals surface area contributed by atoms with Crippen LogP contribution in [-0.4, -0.2) is 12.4 Å². The second-order valence-corrected chi connectivity index (χ2v) is 6.12. The highest BCUT2D eigenvalue weighted by Gasteiger charge is 2.50. The summed E-state index contributed by atoms with van der Waals surface area (Å²) in [5, 5.41) is 0. The number of fused-ring (bicyclic) bond motifs is 7. The summed E-state index contributed by atoms with van der Waals surface area (Å²) in [6, 6.07) is 0. The molecule has 0 aromatic rings. The molecule has 0 nitrogen and oxygen atoms in total. The number of rotatable bonds is 0. The van der Waals surface area contributed by atoms with Gasteiger partial charge >= 0.3 is 12.4 Å². The average molecular weight is 326 g/mol. The first-order valence-electron chi connectivity index (χ1n) is 7.78. The van der Waals surface area contributed by atoms with E-state index in [4.69, 9.17) is 0 Å². The molecule has 0 spiro atoms. The second kappa shape index (κ2) is 6.67. The van der Waals surface area contributed by atoms with Crippen LogP contribution < -0.4 is 0 Å². The second-order valence-electron chi connectivity index (χ2n) is 6.12. The van der Waals surface area contributed by atoms with E-state index in [0.717, 1.165) is 25.7 Å². The lowest BCUT2D eigenvalue weighted by atomic mass is 9.76. The Kier molecular flexibility index (Phi) is 5.28. The highest BCUT2D eigenvalue weighted by atomic mass is 19.4. The Morgan fingerprint density at radius 3 is 1.23 bits per heavy atom. The molecule has 2 unspecified atom stereocenters. The van der Waals surface area contributed by atoms with Gasteiger partial charge < -0.3 is 0 Å². The summed E-state index contributed by atoms with van der Waals surface area (Å²) in [7, 11) is 0. The van der Waals surface area contributed by atoms with Crippen molar-refractivity contribution >= 4 is 0 Å². The summed E-state index contributed by atoms with van der Waals surface area (Å²) in [6.45, 7) is 0. The Morgan fingerprint density at radius 1 is 0.591 bits per heavy atom. The third-order valence-corrected chi connectivity index (χ3v) is 4.50. The van der Waals surface area contributed by atoms with E-state index in [9.17, 15) is 26.3 Å². The van der Waals surface area contributed by atoms with E-state index in [0.29, 0.717) is 12.8 Å². The minimum atomic E-state index is -4.93. The van der Waals surface area contributed by atoms with E-state index in [2.05, 4.69) is 0 Å². The van der Waals surface area contributed by atoms with Crippen LogP contribution in [0.5, 0.6) is 0 Å². The molecule has 3 aliphatic rings. The lowest BCUT2D eigenvalue weighted by Gasteiger charge is -2.32. The Hall–Kier alpha value is -0.940. The fourth-order valence-corrected chi connectivity index (χ4v) is 3.50. The zero-order valence-corrected chi connectivity index (χ0v) is 12.2. The fourth-order valence-electron chi connectivity index (χ4n) is 3.50. The standard InChI is InChI=1S/C16H20F6/c17-15(18,19)13-11-7-5-3-1-2-4-6-8-12(10-9-11)14(13)16(20,21)22/h9-12H,1-8H2. The predicted molar refractivity (Wildman–Crippen MR) is 72.2 cm³/mol. The van der Waals surface area contributed by atoms with Gasteiger partial charge in [-0.1, -0.05) is 50.7 Å². The van der Waals surface area contributed by atoms with Crippen LogP contribution in [-0.2, 0) is 0 Å². The van der Waals surface area contributed by atoms with Gasteiger partial charge in [0.2, 0.25) is 0 Å². The first kappa shape index (κ1) is 17.4. The Morgan fingerprint density at radius 2 is 0.909 bits per heavy atom. The molecule has 126 valence electrons. The SMILES string of the molecule is FC(F)(F)C1=C(C(F)(F)F)C2C=CC1CCCCCCCC2. The third-order valence-electron chi connectivity index (χ3n) is 4.50. The van der Waals surface area contributed by atoms with E-state index in [-0.39, 0.29) is 12.8 Å². The zero-order valence-electron chi connectivity index (χ0n) is 12.2. The Labute approximate surface area is 126 Å². The molecule has 0 aromatic carbocycles. The van der Waals surface area contributed by atoms with E-state index in [1.54, 1.807) is 0 Å². The Balaban J connectivity index is 2.47. The molecule has 0 aliphatic heterocycles. The number of hydrogen-bond donors (Lipinski definition) is 0. The smallest absolute Gasteiger partial charge is 0.166 e. The van der Waals surface area contributed by atoms with Crippen LogP contribution in [0.1, 0.15) is 51.4 Å². The van der Waals surface area contributed by atoms with Crippen molar-refractivity contribution in [2.24, 2.45) is 11.8 Å². The predicted octanol–water partition coefficient (Wildman–Crippen LogP) is 6.34. The molecule has 0 radical (unpaired) electrons. The molecule has 0 aromatic heterocycles. The first-order valence-corrected chi connectivity index (χ1v) is 7.78. The van der Waals surface area contributed by atoms with Gasteiger partial charge in [-0.2, -0.15) is 26.3 Å². The summed E-state index contributed by atoms with van der Waals surface area (Å²) in [4.78, 5) is 0. The van der Waals surface area contributed by atoms with Gasteiger partial charge in [-0.3, -0.25) is 0 Å². The fraction of sp³-hybridized carbons (Fsp3) is 0.750. The van der Waals surface area contributed by atoms with E-state index < -0.39 is 35.3 Å². The maximum atomic E-state index is 13.3. The van der Waals surface area contributed by atoms with E-state index in [1.165, 1.54) is 12.2 Å². The molecule has 0 saturated heterocycles. The van der Waals surface area contributed by atoms with Crippen LogP contribution in [0.25, 0.3) is 0 Å². The molecular weight excluding hydrogens is 306 g/mol. The van der Waals surface area contributed by atoms with Gasteiger partial charge in [-0.25, -0.2) is 0 Å². The molecule has 2 atom stereocenters. The van der Waals surface area contributed by atoms with Gasteiger partial charge in [0.05, 0.1) is 0 Å². The van der Waals surface area contributed by atoms with Crippen LogP contribution in [0, 0.1) is 11.8 Å². The molecule has 22 heavy (non-hydrogen) atoms. The van der Waals surface area contributed by atoms with Crippen molar-refractivity contribution in [2.75, 3.05) is 0 Å². The molecule has 0 saturated carbocycles. The van der Waals surface area contributed by atoms with Crippen molar-refractivity contribution in [3.8, 4) is 0 Å². The summed E-state index contributed by atoms with van der Waals surface area (Å²) in [6.07, 6.45) is -2.37. The van der Waals surface area contributed by atoms with Crippen molar-refractivity contribution in [1.29, 1.82) is 0 Å². The molecule has 0 fully saturated rings. The van der Waals surface area contributed by atoms with Gasteiger partial charge in [-0.05, 0) is 12.8 Å². The van der Waals surface area contributed by atoms with Crippen LogP contribution in [0.15, 0.2) is 23.3 Å². The molecule has 3 aliphatic carbocycles. The summed E-state index contributed by atoms with van der Waals surface area (Å²) in [5.41, 5.74) is -2.71. The lowest BCUT2D eigenvalue weighted by molar-refractivity contribution is -0.124. The Bertz CT molecular complexity index is 401. The number of hydrogen-bond acceptors (Lipinski definition) is 0. The van der Waals surface area contributed by atoms with Crippen LogP contribution in [0.4, 0.5) is 26.3 Å². The lowest BCUT2D eigenvalue weighted by Crippen LogP contribution is -2.32. The molecule has 0 heterocycles. The molecular formula is C16H20F6. The van der Waals surface area contributed by atoms with Crippen molar-refractivity contribution < 1.29 is 26.3 Å². The van der Waals surface area contributed by atoms with Gasteiger partial charge in [0.15, 0.2) is 0 Å². The largest absolute Gasteiger partial charge is 0.413 e. The molecule has 3 rings (SSSR count). The topological polar surface area (TPSA) is 0 Å². The molecule has 2 bridgehead atoms. The maximum Gasteiger partial charge on any atom is 0.413 e. The highest BCUT2D eigenvalue weighted by Crippen LogP contribution is 2.48. The van der Waals surface area contributed by atoms with E-state index >= 15 is 0 Å². The number of halogens is 6. The van der Waals surface area contributed by atoms with Gasteiger partial charge in [0.1, 0.15) is 0 Å². The summed E-state index contributed by atoms with van der Waals surface area (Å²) in [5.74, 6) is -2.32. The minimum Gasteiger partial charge on any atom is -0.166 e. The summed E-state index contributed by atoms with van der Waals surface area (Å²) < 4.78 is 79.9. The monoisotopic (exact) mass is 326 g/mol. The van der Waals surface area contributed by atoms with Crippen LogP contribution >= 0.6 is 0 Å². The summed E-state index contributed by atoms with van der Waals surface area (Å²) >= 11 is 0. The number of alkyl halides is 6. The van der Waals surface area contributed by atoms with Crippen LogP contribution in [0.2, 0.25) is 0 Å². The van der Waals surface area contributed by atoms with Gasteiger partial charge in [-0.15, -0.1) is 0 Å². The molecule has 0 N–H and O–H groups in total. The average Bonchev–Trinajstić information content (AvgIpc) is 2.36. The third kappa shape index (κ3) is 4.07. The zero-order chi connectivity index (χ0) is 16.4. The van der Waals surface area contributed by atoms with Crippen molar-refractivity contribution in [1.82, 2.24) is 0 Å². The van der Waals surface area contributed by atoms with Crippen molar-refractivity contribution in [3.63, 3.8) is 0 Å². The first-order chi connectivity index (χ1) is 10.2. The maximum absolute atomic E-state index is 13.3. The number of allylic oxidation sites excluding steroid dienone is 4. The van der Waals surface area contributed by atoms with E-state index in [1.807, 2.05) is 0 Å². The highest BCUT2D eigenvalue weighted by molar-refractivity contribution is 5.36. The normalized spacial score (nSPS) is 28.5. The van der Waals surface area contributed by atoms with Crippen molar-refractivity contribution in [2.45, 2.75) is 63.7 Å². The quantitative estimate of drug-likeness (QED) is 0.360. The molecule has 6 heteroatoms. The van der Waals surface area contributed by atoms with Crippen molar-refractivity contribution in [3.05, 3.63) is 23.3 Å². The van der Waals surface area contributed by atoms with Gasteiger partial charge in [0, 0.05) is 23.0 Å². The molecule has 0 amide bonds. The van der Waals surface area contributed by atoms with Gasteiger partial charge in [0.25, 0.3) is 0 Å².